The predicted octanol–water partition coefficient (Wildman–Crippen LogP) is 10.3. The molecular formula is C37H27N. The van der Waals surface area contributed by atoms with E-state index in [1.807, 2.05) is 0 Å². The first-order valence-electron chi connectivity index (χ1n) is 13.5. The summed E-state index contributed by atoms with van der Waals surface area (Å²) in [6.07, 6.45) is 5.72. The molecule has 1 unspecified atom stereocenters. The Balaban J connectivity index is 1.40. The van der Waals surface area contributed by atoms with Gasteiger partial charge in [0.1, 0.15) is 0 Å². The van der Waals surface area contributed by atoms with E-state index in [1.165, 1.54) is 71.3 Å². The van der Waals surface area contributed by atoms with Crippen molar-refractivity contribution in [2.45, 2.75) is 19.3 Å². The molecule has 0 amide bonds. The van der Waals surface area contributed by atoms with Crippen molar-refractivity contribution in [3.8, 4) is 16.8 Å². The number of benzene rings is 6. The fraction of sp³-hybridized carbons (Fsp3) is 0.0811. The van der Waals surface area contributed by atoms with Crippen LogP contribution in [0.25, 0.3) is 66.2 Å². The highest BCUT2D eigenvalue weighted by atomic mass is 15.0. The zero-order valence-corrected chi connectivity index (χ0v) is 21.4. The summed E-state index contributed by atoms with van der Waals surface area (Å²) in [6, 6.07) is 42.7. The summed E-state index contributed by atoms with van der Waals surface area (Å²) in [4.78, 5) is 0. The van der Waals surface area contributed by atoms with E-state index in [9.17, 15) is 0 Å². The molecule has 1 atom stereocenters. The quantitative estimate of drug-likeness (QED) is 0.229. The zero-order valence-electron chi connectivity index (χ0n) is 21.4. The standard InChI is InChI=1S/C37H27N/c1-24-7-6-10-30-22-31(18-19-32(24)30)38-35-12-5-4-11-33(35)37-34-23-29(16-14-26(34)17-20-36(37)38)28-15-13-25-8-2-3-9-27(25)21-28/h2-6,8-24H,7H2,1H3. The van der Waals surface area contributed by atoms with Crippen molar-refractivity contribution in [1.29, 1.82) is 0 Å². The minimum absolute atomic E-state index is 0.569. The van der Waals surface area contributed by atoms with Crippen molar-refractivity contribution >= 4 is 49.4 Å². The third kappa shape index (κ3) is 3.18. The second kappa shape index (κ2) is 8.19. The van der Waals surface area contributed by atoms with Gasteiger partial charge in [0.05, 0.1) is 11.0 Å². The number of fused-ring (bicyclic) bond motifs is 7. The van der Waals surface area contributed by atoms with Gasteiger partial charge in [0.25, 0.3) is 0 Å². The minimum Gasteiger partial charge on any atom is -0.309 e. The number of nitrogens with zero attached hydrogens (tertiary/aromatic N) is 1. The fourth-order valence-electron chi connectivity index (χ4n) is 6.43. The smallest absolute Gasteiger partial charge is 0.0547 e. The van der Waals surface area contributed by atoms with Crippen molar-refractivity contribution in [1.82, 2.24) is 4.57 Å². The largest absolute Gasteiger partial charge is 0.309 e. The highest BCUT2D eigenvalue weighted by Gasteiger charge is 2.18. The SMILES string of the molecule is CC1CC=Cc2cc(-n3c4ccccc4c4c5cc(-c6ccc7ccccc7c6)ccc5ccc43)ccc21. The van der Waals surface area contributed by atoms with Crippen molar-refractivity contribution in [3.63, 3.8) is 0 Å². The van der Waals surface area contributed by atoms with Crippen LogP contribution < -0.4 is 0 Å². The third-order valence-electron chi connectivity index (χ3n) is 8.38. The summed E-state index contributed by atoms with van der Waals surface area (Å²) in [5.41, 5.74) is 9.01. The van der Waals surface area contributed by atoms with Gasteiger partial charge >= 0.3 is 0 Å². The number of rotatable bonds is 2. The summed E-state index contributed by atoms with van der Waals surface area (Å²) in [5, 5.41) is 7.74. The minimum atomic E-state index is 0.569. The van der Waals surface area contributed by atoms with Crippen LogP contribution in [0.3, 0.4) is 0 Å². The lowest BCUT2D eigenvalue weighted by molar-refractivity contribution is 0.771. The van der Waals surface area contributed by atoms with Crippen LogP contribution in [0.4, 0.5) is 0 Å². The highest BCUT2D eigenvalue weighted by Crippen LogP contribution is 2.39. The average molecular weight is 486 g/mol. The molecule has 1 aliphatic rings. The first kappa shape index (κ1) is 21.5. The van der Waals surface area contributed by atoms with E-state index in [0.29, 0.717) is 5.92 Å². The highest BCUT2D eigenvalue weighted by molar-refractivity contribution is 6.21. The van der Waals surface area contributed by atoms with Gasteiger partial charge in [-0.25, -0.2) is 0 Å². The molecule has 180 valence electrons. The van der Waals surface area contributed by atoms with E-state index in [4.69, 9.17) is 0 Å². The van der Waals surface area contributed by atoms with E-state index in [1.54, 1.807) is 0 Å². The van der Waals surface area contributed by atoms with Crippen LogP contribution in [-0.2, 0) is 0 Å². The molecule has 0 saturated heterocycles. The number of allylic oxidation sites excluding steroid dienone is 1. The van der Waals surface area contributed by atoms with Crippen LogP contribution in [0.2, 0.25) is 0 Å². The molecule has 38 heavy (non-hydrogen) atoms. The van der Waals surface area contributed by atoms with Crippen molar-refractivity contribution in [2.75, 3.05) is 0 Å². The molecule has 8 rings (SSSR count). The zero-order chi connectivity index (χ0) is 25.2. The van der Waals surface area contributed by atoms with Gasteiger partial charge in [-0.05, 0) is 92.5 Å². The molecule has 1 heterocycles. The maximum absolute atomic E-state index is 2.44. The summed E-state index contributed by atoms with van der Waals surface area (Å²) in [5.74, 6) is 0.569. The normalized spacial score (nSPS) is 15.0. The lowest BCUT2D eigenvalue weighted by Gasteiger charge is -2.19. The molecule has 0 spiro atoms. The van der Waals surface area contributed by atoms with Gasteiger partial charge in [-0.3, -0.25) is 0 Å². The second-order valence-electron chi connectivity index (χ2n) is 10.7. The van der Waals surface area contributed by atoms with Gasteiger partial charge < -0.3 is 4.57 Å². The fourth-order valence-corrected chi connectivity index (χ4v) is 6.43. The molecule has 0 N–H and O–H groups in total. The first-order chi connectivity index (χ1) is 18.7. The Hall–Kier alpha value is -4.62. The second-order valence-corrected chi connectivity index (χ2v) is 10.7. The van der Waals surface area contributed by atoms with Gasteiger partial charge in [0.2, 0.25) is 0 Å². The van der Waals surface area contributed by atoms with Crippen molar-refractivity contribution in [3.05, 3.63) is 132 Å². The molecule has 7 aromatic rings. The van der Waals surface area contributed by atoms with Crippen LogP contribution in [0.5, 0.6) is 0 Å². The lowest BCUT2D eigenvalue weighted by atomic mass is 9.88. The molecule has 1 aliphatic carbocycles. The molecule has 6 aromatic carbocycles. The van der Waals surface area contributed by atoms with E-state index in [0.717, 1.165) is 6.42 Å². The number of para-hydroxylation sites is 1. The molecule has 0 saturated carbocycles. The molecule has 0 aliphatic heterocycles. The Morgan fingerprint density at radius 1 is 0.605 bits per heavy atom. The number of aromatic nitrogens is 1. The van der Waals surface area contributed by atoms with Crippen LogP contribution in [0, 0.1) is 0 Å². The van der Waals surface area contributed by atoms with Gasteiger partial charge in [-0.1, -0.05) is 97.9 Å². The van der Waals surface area contributed by atoms with Gasteiger partial charge in [-0.2, -0.15) is 0 Å². The molecule has 1 nitrogen and oxygen atoms in total. The predicted molar refractivity (Wildman–Crippen MR) is 163 cm³/mol. The molecule has 0 fully saturated rings. The molecule has 1 aromatic heterocycles. The number of hydrogen-bond donors (Lipinski definition) is 0. The summed E-state index contributed by atoms with van der Waals surface area (Å²) in [6.45, 7) is 2.32. The third-order valence-corrected chi connectivity index (χ3v) is 8.38. The topological polar surface area (TPSA) is 4.93 Å². The maximum Gasteiger partial charge on any atom is 0.0547 e. The summed E-state index contributed by atoms with van der Waals surface area (Å²) < 4.78 is 2.44. The number of hydrogen-bond acceptors (Lipinski definition) is 0. The molecule has 0 bridgehead atoms. The van der Waals surface area contributed by atoms with Crippen molar-refractivity contribution in [2.24, 2.45) is 0 Å². The molecule has 1 heteroatoms. The lowest BCUT2D eigenvalue weighted by Crippen LogP contribution is -2.02. The van der Waals surface area contributed by atoms with E-state index < -0.39 is 0 Å². The van der Waals surface area contributed by atoms with Crippen molar-refractivity contribution < 1.29 is 0 Å². The Bertz CT molecular complexity index is 2070. The Morgan fingerprint density at radius 2 is 1.37 bits per heavy atom. The van der Waals surface area contributed by atoms with Gasteiger partial charge in [0.15, 0.2) is 0 Å². The van der Waals surface area contributed by atoms with Crippen LogP contribution in [0.1, 0.15) is 30.4 Å². The average Bonchev–Trinajstić information content (AvgIpc) is 3.31. The van der Waals surface area contributed by atoms with Gasteiger partial charge in [-0.15, -0.1) is 0 Å². The van der Waals surface area contributed by atoms with Gasteiger partial charge in [0, 0.05) is 16.5 Å². The Morgan fingerprint density at radius 3 is 2.29 bits per heavy atom. The van der Waals surface area contributed by atoms with Crippen LogP contribution >= 0.6 is 0 Å². The Labute approximate surface area is 222 Å². The first-order valence-corrected chi connectivity index (χ1v) is 13.5. The summed E-state index contributed by atoms with van der Waals surface area (Å²) in [7, 11) is 0. The van der Waals surface area contributed by atoms with E-state index in [-0.39, 0.29) is 0 Å². The summed E-state index contributed by atoms with van der Waals surface area (Å²) >= 11 is 0. The van der Waals surface area contributed by atoms with E-state index in [2.05, 4.69) is 139 Å². The molecular weight excluding hydrogens is 458 g/mol. The maximum atomic E-state index is 2.44. The monoisotopic (exact) mass is 485 g/mol. The van der Waals surface area contributed by atoms with E-state index >= 15 is 0 Å². The van der Waals surface area contributed by atoms with Crippen LogP contribution in [-0.4, -0.2) is 4.57 Å². The van der Waals surface area contributed by atoms with Crippen LogP contribution in [0.15, 0.2) is 121 Å². The Kier molecular flexibility index (Phi) is 4.63. The molecule has 0 radical (unpaired) electrons.